The van der Waals surface area contributed by atoms with Crippen LogP contribution < -0.4 is 15.2 Å². The Kier molecular flexibility index (Phi) is 5.76. The van der Waals surface area contributed by atoms with Crippen molar-refractivity contribution in [2.24, 2.45) is 5.73 Å². The maximum atomic E-state index is 12.4. The standard InChI is InChI=1S/C18H21NO7/c1-9-13(17(20)24-4)14(15(16(19)26-9)18(21)25-5)10-6-7-11(22-2)12(8-10)23-3/h6-8,14H,19H2,1-5H3. The van der Waals surface area contributed by atoms with Gasteiger partial charge in [0.25, 0.3) is 0 Å². The van der Waals surface area contributed by atoms with Gasteiger partial charge in [-0.3, -0.25) is 0 Å². The van der Waals surface area contributed by atoms with E-state index < -0.39 is 17.9 Å². The molecule has 1 aromatic carbocycles. The Morgan fingerprint density at radius 3 is 2.08 bits per heavy atom. The van der Waals surface area contributed by atoms with Crippen molar-refractivity contribution in [2.45, 2.75) is 12.8 Å². The molecule has 0 radical (unpaired) electrons. The first-order valence-electron chi connectivity index (χ1n) is 7.66. The third-order valence-electron chi connectivity index (χ3n) is 4.04. The summed E-state index contributed by atoms with van der Waals surface area (Å²) in [7, 11) is 5.46. The minimum atomic E-state index is -0.844. The second kappa shape index (κ2) is 7.81. The molecule has 1 aromatic rings. The van der Waals surface area contributed by atoms with Crippen LogP contribution >= 0.6 is 0 Å². The van der Waals surface area contributed by atoms with Crippen LogP contribution in [0.2, 0.25) is 0 Å². The number of hydrogen-bond donors (Lipinski definition) is 1. The number of esters is 2. The highest BCUT2D eigenvalue weighted by Gasteiger charge is 2.40. The molecule has 26 heavy (non-hydrogen) atoms. The van der Waals surface area contributed by atoms with E-state index in [0.717, 1.165) is 0 Å². The van der Waals surface area contributed by atoms with Gasteiger partial charge in [0.1, 0.15) is 11.3 Å². The van der Waals surface area contributed by atoms with Gasteiger partial charge in [-0.25, -0.2) is 9.59 Å². The Morgan fingerprint density at radius 2 is 1.54 bits per heavy atom. The lowest BCUT2D eigenvalue weighted by molar-refractivity contribution is -0.137. The first-order chi connectivity index (χ1) is 12.4. The molecule has 1 unspecified atom stereocenters. The molecule has 0 saturated heterocycles. The fraction of sp³-hybridized carbons (Fsp3) is 0.333. The van der Waals surface area contributed by atoms with Gasteiger partial charge in [-0.15, -0.1) is 0 Å². The topological polar surface area (TPSA) is 106 Å². The SMILES string of the molecule is COC(=O)C1=C(C)OC(N)=C(C(=O)OC)C1c1ccc(OC)c(OC)c1. The fourth-order valence-electron chi connectivity index (χ4n) is 2.83. The molecule has 140 valence electrons. The number of hydrogen-bond acceptors (Lipinski definition) is 8. The zero-order valence-corrected chi connectivity index (χ0v) is 15.2. The molecule has 2 N–H and O–H groups in total. The summed E-state index contributed by atoms with van der Waals surface area (Å²) in [5.74, 6) is -1.17. The Hall–Kier alpha value is -3.16. The van der Waals surface area contributed by atoms with Crippen molar-refractivity contribution < 1.29 is 33.3 Å². The summed E-state index contributed by atoms with van der Waals surface area (Å²) in [5.41, 5.74) is 6.64. The minimum Gasteiger partial charge on any atom is -0.493 e. The average Bonchev–Trinajstić information content (AvgIpc) is 2.65. The zero-order valence-electron chi connectivity index (χ0n) is 15.2. The van der Waals surface area contributed by atoms with Gasteiger partial charge in [0.05, 0.1) is 39.9 Å². The van der Waals surface area contributed by atoms with Gasteiger partial charge in [-0.05, 0) is 24.6 Å². The van der Waals surface area contributed by atoms with Gasteiger partial charge in [-0.1, -0.05) is 6.07 Å². The molecule has 1 heterocycles. The monoisotopic (exact) mass is 363 g/mol. The molecule has 0 spiro atoms. The number of nitrogens with two attached hydrogens (primary N) is 1. The number of ether oxygens (including phenoxy) is 5. The Labute approximate surface area is 151 Å². The van der Waals surface area contributed by atoms with Crippen LogP contribution in [0, 0.1) is 0 Å². The molecule has 8 nitrogen and oxygen atoms in total. The molecule has 0 amide bonds. The maximum Gasteiger partial charge on any atom is 0.340 e. The maximum absolute atomic E-state index is 12.4. The van der Waals surface area contributed by atoms with Crippen molar-refractivity contribution in [2.75, 3.05) is 28.4 Å². The smallest absolute Gasteiger partial charge is 0.340 e. The van der Waals surface area contributed by atoms with Crippen LogP contribution in [0.15, 0.2) is 41.0 Å². The number of allylic oxidation sites excluding steroid dienone is 1. The van der Waals surface area contributed by atoms with Gasteiger partial charge < -0.3 is 29.4 Å². The van der Waals surface area contributed by atoms with Gasteiger partial charge >= 0.3 is 11.9 Å². The second-order valence-corrected chi connectivity index (χ2v) is 5.38. The van der Waals surface area contributed by atoms with E-state index in [4.69, 9.17) is 29.4 Å². The highest BCUT2D eigenvalue weighted by Crippen LogP contribution is 2.42. The molecule has 1 aliphatic heterocycles. The fourth-order valence-corrected chi connectivity index (χ4v) is 2.83. The van der Waals surface area contributed by atoms with Gasteiger partial charge in [0.15, 0.2) is 11.5 Å². The number of rotatable bonds is 5. The van der Waals surface area contributed by atoms with Crippen LogP contribution in [0.3, 0.4) is 0 Å². The lowest BCUT2D eigenvalue weighted by atomic mass is 9.82. The van der Waals surface area contributed by atoms with Crippen LogP contribution in [-0.2, 0) is 23.8 Å². The summed E-state index contributed by atoms with van der Waals surface area (Å²) in [6.07, 6.45) is 0. The van der Waals surface area contributed by atoms with Crippen LogP contribution in [0.1, 0.15) is 18.4 Å². The Morgan fingerprint density at radius 1 is 0.962 bits per heavy atom. The van der Waals surface area contributed by atoms with E-state index in [0.29, 0.717) is 17.1 Å². The summed E-state index contributed by atoms with van der Waals surface area (Å²) < 4.78 is 25.6. The van der Waals surface area contributed by atoms with Gasteiger partial charge in [0, 0.05) is 0 Å². The van der Waals surface area contributed by atoms with Gasteiger partial charge in [-0.2, -0.15) is 0 Å². The molecule has 0 bridgehead atoms. The number of carbonyl (C=O) groups is 2. The van der Waals surface area contributed by atoms with Crippen molar-refractivity contribution in [1.82, 2.24) is 0 Å². The molecule has 8 heteroatoms. The molecule has 2 rings (SSSR count). The summed E-state index contributed by atoms with van der Waals surface area (Å²) in [6.45, 7) is 1.57. The van der Waals surface area contributed by atoms with E-state index in [9.17, 15) is 9.59 Å². The van der Waals surface area contributed by atoms with Crippen molar-refractivity contribution in [3.05, 3.63) is 46.6 Å². The second-order valence-electron chi connectivity index (χ2n) is 5.38. The van der Waals surface area contributed by atoms with Crippen LogP contribution in [0.25, 0.3) is 0 Å². The quantitative estimate of drug-likeness (QED) is 0.787. The summed E-state index contributed by atoms with van der Waals surface area (Å²) in [5, 5.41) is 0. The van der Waals surface area contributed by atoms with Crippen molar-refractivity contribution in [3.8, 4) is 11.5 Å². The lowest BCUT2D eigenvalue weighted by Gasteiger charge is -2.28. The highest BCUT2D eigenvalue weighted by atomic mass is 16.5. The Balaban J connectivity index is 2.72. The number of benzene rings is 1. The lowest BCUT2D eigenvalue weighted by Crippen LogP contribution is -2.29. The van der Waals surface area contributed by atoms with Crippen molar-refractivity contribution >= 4 is 11.9 Å². The van der Waals surface area contributed by atoms with Crippen LogP contribution in [0.5, 0.6) is 11.5 Å². The third kappa shape index (κ3) is 3.30. The van der Waals surface area contributed by atoms with E-state index in [1.165, 1.54) is 28.4 Å². The first-order valence-corrected chi connectivity index (χ1v) is 7.66. The van der Waals surface area contributed by atoms with E-state index in [2.05, 4.69) is 0 Å². The zero-order chi connectivity index (χ0) is 19.4. The van der Waals surface area contributed by atoms with E-state index in [1.54, 1.807) is 25.1 Å². The average molecular weight is 363 g/mol. The number of carbonyl (C=O) groups excluding carboxylic acids is 2. The molecule has 0 aliphatic carbocycles. The summed E-state index contributed by atoms with van der Waals surface area (Å²) in [4.78, 5) is 24.7. The van der Waals surface area contributed by atoms with Crippen molar-refractivity contribution in [3.63, 3.8) is 0 Å². The third-order valence-corrected chi connectivity index (χ3v) is 4.04. The molecular formula is C18H21NO7. The highest BCUT2D eigenvalue weighted by molar-refractivity contribution is 5.99. The molecule has 0 fully saturated rings. The molecular weight excluding hydrogens is 342 g/mol. The summed E-state index contributed by atoms with van der Waals surface area (Å²) >= 11 is 0. The van der Waals surface area contributed by atoms with Crippen LogP contribution in [0.4, 0.5) is 0 Å². The predicted molar refractivity (Wildman–Crippen MR) is 91.3 cm³/mol. The largest absolute Gasteiger partial charge is 0.493 e. The number of methoxy groups -OCH3 is 4. The van der Waals surface area contributed by atoms with Crippen LogP contribution in [-0.4, -0.2) is 40.4 Å². The molecule has 1 atom stereocenters. The molecule has 0 saturated carbocycles. The Bertz CT molecular complexity index is 757. The van der Waals surface area contributed by atoms with Crippen molar-refractivity contribution in [1.29, 1.82) is 0 Å². The first kappa shape index (κ1) is 19.2. The van der Waals surface area contributed by atoms with E-state index >= 15 is 0 Å². The minimum absolute atomic E-state index is 0.00530. The van der Waals surface area contributed by atoms with E-state index in [1.807, 2.05) is 0 Å². The normalized spacial score (nSPS) is 16.7. The van der Waals surface area contributed by atoms with E-state index in [-0.39, 0.29) is 22.8 Å². The predicted octanol–water partition coefficient (Wildman–Crippen LogP) is 1.61. The molecule has 0 aromatic heterocycles. The summed E-state index contributed by atoms with van der Waals surface area (Å²) in [6, 6.07) is 5.02. The van der Waals surface area contributed by atoms with Gasteiger partial charge in [0.2, 0.25) is 5.88 Å². The molecule has 1 aliphatic rings.